The second-order valence-corrected chi connectivity index (χ2v) is 7.11. The number of hydrogen-bond donors (Lipinski definition) is 2. The van der Waals surface area contributed by atoms with Gasteiger partial charge in [0.1, 0.15) is 5.60 Å². The standard InChI is InChI=1S/C15H25NOS/c1-11-5-4-7-15(9-11,10-16)14(3,17)13-12(2)6-8-18-13/h6,8,11,17H,4-5,7,9-10,16H2,1-3H3. The van der Waals surface area contributed by atoms with E-state index in [-0.39, 0.29) is 5.41 Å². The summed E-state index contributed by atoms with van der Waals surface area (Å²) in [4.78, 5) is 1.10. The van der Waals surface area contributed by atoms with Crippen molar-refractivity contribution in [2.45, 2.75) is 52.1 Å². The fraction of sp³-hybridized carbons (Fsp3) is 0.733. The highest BCUT2D eigenvalue weighted by Gasteiger charge is 2.50. The highest BCUT2D eigenvalue weighted by Crippen LogP contribution is 2.52. The van der Waals surface area contributed by atoms with Gasteiger partial charge < -0.3 is 10.8 Å². The molecule has 3 N–H and O–H groups in total. The van der Waals surface area contributed by atoms with Gasteiger partial charge in [-0.05, 0) is 49.6 Å². The molecule has 2 rings (SSSR count). The number of hydrogen-bond acceptors (Lipinski definition) is 3. The molecule has 3 heteroatoms. The maximum absolute atomic E-state index is 11.2. The number of nitrogens with two attached hydrogens (primary N) is 1. The van der Waals surface area contributed by atoms with Gasteiger partial charge in [0.15, 0.2) is 0 Å². The summed E-state index contributed by atoms with van der Waals surface area (Å²) in [5, 5.41) is 13.2. The van der Waals surface area contributed by atoms with Crippen LogP contribution in [-0.4, -0.2) is 11.7 Å². The Kier molecular flexibility index (Phi) is 3.86. The first kappa shape index (κ1) is 14.0. The SMILES string of the molecule is Cc1ccsc1C(C)(O)C1(CN)CCCC(C)C1. The molecule has 0 bridgehead atoms. The average molecular weight is 267 g/mol. The molecule has 0 spiro atoms. The summed E-state index contributed by atoms with van der Waals surface area (Å²) in [5.74, 6) is 0.661. The van der Waals surface area contributed by atoms with Gasteiger partial charge in [0.05, 0.1) is 0 Å². The summed E-state index contributed by atoms with van der Waals surface area (Å²) in [6, 6.07) is 2.09. The Balaban J connectivity index is 2.39. The topological polar surface area (TPSA) is 46.2 Å². The molecular formula is C15H25NOS. The summed E-state index contributed by atoms with van der Waals surface area (Å²) in [6.45, 7) is 6.90. The molecule has 3 atom stereocenters. The molecule has 0 aromatic carbocycles. The average Bonchev–Trinajstić information content (AvgIpc) is 2.75. The first-order valence-electron chi connectivity index (χ1n) is 6.90. The Hall–Kier alpha value is -0.380. The minimum Gasteiger partial charge on any atom is -0.384 e. The summed E-state index contributed by atoms with van der Waals surface area (Å²) in [7, 11) is 0. The van der Waals surface area contributed by atoms with Crippen LogP contribution in [0.15, 0.2) is 11.4 Å². The lowest BCUT2D eigenvalue weighted by molar-refractivity contribution is -0.0983. The van der Waals surface area contributed by atoms with Crippen molar-refractivity contribution in [3.8, 4) is 0 Å². The number of aryl methyl sites for hydroxylation is 1. The third kappa shape index (κ3) is 2.13. The van der Waals surface area contributed by atoms with Crippen LogP contribution in [0.5, 0.6) is 0 Å². The molecule has 0 aliphatic heterocycles. The molecule has 1 heterocycles. The summed E-state index contributed by atoms with van der Waals surface area (Å²) in [5.41, 5.74) is 6.33. The van der Waals surface area contributed by atoms with E-state index in [1.807, 2.05) is 6.92 Å². The van der Waals surface area contributed by atoms with Gasteiger partial charge in [-0.2, -0.15) is 0 Å². The fourth-order valence-corrected chi connectivity index (χ4v) is 4.71. The largest absolute Gasteiger partial charge is 0.384 e. The summed E-state index contributed by atoms with van der Waals surface area (Å²) in [6.07, 6.45) is 4.52. The molecule has 102 valence electrons. The fourth-order valence-electron chi connectivity index (χ4n) is 3.60. The van der Waals surface area contributed by atoms with Crippen molar-refractivity contribution in [1.29, 1.82) is 0 Å². The van der Waals surface area contributed by atoms with E-state index in [0.717, 1.165) is 17.7 Å². The van der Waals surface area contributed by atoms with E-state index >= 15 is 0 Å². The maximum atomic E-state index is 11.2. The minimum atomic E-state index is -0.797. The lowest BCUT2D eigenvalue weighted by atomic mass is 9.60. The monoisotopic (exact) mass is 267 g/mol. The lowest BCUT2D eigenvalue weighted by Gasteiger charge is -2.49. The highest BCUT2D eigenvalue weighted by atomic mass is 32.1. The van der Waals surface area contributed by atoms with Gasteiger partial charge in [-0.1, -0.05) is 19.8 Å². The second kappa shape index (κ2) is 4.95. The molecule has 1 aromatic rings. The molecule has 1 aliphatic carbocycles. The molecule has 1 fully saturated rings. The highest BCUT2D eigenvalue weighted by molar-refractivity contribution is 7.10. The van der Waals surface area contributed by atoms with Crippen molar-refractivity contribution in [3.05, 3.63) is 21.9 Å². The zero-order valence-electron chi connectivity index (χ0n) is 11.7. The molecule has 3 unspecified atom stereocenters. The molecule has 0 amide bonds. The number of thiophene rings is 1. The van der Waals surface area contributed by atoms with Crippen LogP contribution < -0.4 is 5.73 Å². The van der Waals surface area contributed by atoms with Crippen LogP contribution in [-0.2, 0) is 5.60 Å². The zero-order chi connectivity index (χ0) is 13.4. The lowest BCUT2D eigenvalue weighted by Crippen LogP contribution is -2.51. The first-order chi connectivity index (χ1) is 8.43. The van der Waals surface area contributed by atoms with Crippen LogP contribution in [0.4, 0.5) is 0 Å². The molecule has 0 radical (unpaired) electrons. The van der Waals surface area contributed by atoms with Gasteiger partial charge in [-0.15, -0.1) is 11.3 Å². The minimum absolute atomic E-state index is 0.153. The van der Waals surface area contributed by atoms with E-state index < -0.39 is 5.60 Å². The van der Waals surface area contributed by atoms with Crippen molar-refractivity contribution in [2.24, 2.45) is 17.1 Å². The van der Waals surface area contributed by atoms with Crippen LogP contribution in [0.2, 0.25) is 0 Å². The maximum Gasteiger partial charge on any atom is 0.103 e. The number of rotatable bonds is 3. The van der Waals surface area contributed by atoms with E-state index in [1.54, 1.807) is 11.3 Å². The molecule has 1 aromatic heterocycles. The van der Waals surface area contributed by atoms with Crippen LogP contribution in [0.25, 0.3) is 0 Å². The quantitative estimate of drug-likeness (QED) is 0.881. The van der Waals surface area contributed by atoms with Crippen LogP contribution in [0.1, 0.15) is 50.0 Å². The van der Waals surface area contributed by atoms with Crippen molar-refractivity contribution in [2.75, 3.05) is 6.54 Å². The molecule has 1 aliphatic rings. The zero-order valence-corrected chi connectivity index (χ0v) is 12.5. The Morgan fingerprint density at radius 3 is 2.83 bits per heavy atom. The van der Waals surface area contributed by atoms with Gasteiger partial charge in [-0.25, -0.2) is 0 Å². The van der Waals surface area contributed by atoms with Gasteiger partial charge >= 0.3 is 0 Å². The van der Waals surface area contributed by atoms with Crippen molar-refractivity contribution in [3.63, 3.8) is 0 Å². The first-order valence-corrected chi connectivity index (χ1v) is 7.78. The molecule has 1 saturated carbocycles. The van der Waals surface area contributed by atoms with Crippen LogP contribution >= 0.6 is 11.3 Å². The Morgan fingerprint density at radius 1 is 1.61 bits per heavy atom. The third-order valence-corrected chi connectivity index (χ3v) is 6.05. The Bertz CT molecular complexity index is 412. The van der Waals surface area contributed by atoms with Gasteiger partial charge in [0.2, 0.25) is 0 Å². The van der Waals surface area contributed by atoms with Crippen molar-refractivity contribution in [1.82, 2.24) is 0 Å². The Labute approximate surface area is 114 Å². The van der Waals surface area contributed by atoms with E-state index in [9.17, 15) is 5.11 Å². The predicted octanol–water partition coefficient (Wildman–Crippen LogP) is 3.42. The Morgan fingerprint density at radius 2 is 2.33 bits per heavy atom. The summed E-state index contributed by atoms with van der Waals surface area (Å²) >= 11 is 1.66. The van der Waals surface area contributed by atoms with Crippen LogP contribution in [0.3, 0.4) is 0 Å². The predicted molar refractivity (Wildman–Crippen MR) is 77.7 cm³/mol. The molecule has 18 heavy (non-hydrogen) atoms. The van der Waals surface area contributed by atoms with Crippen LogP contribution in [0, 0.1) is 18.3 Å². The van der Waals surface area contributed by atoms with E-state index in [2.05, 4.69) is 25.3 Å². The molecular weight excluding hydrogens is 242 g/mol. The van der Waals surface area contributed by atoms with Gasteiger partial charge in [0.25, 0.3) is 0 Å². The van der Waals surface area contributed by atoms with Crippen molar-refractivity contribution < 1.29 is 5.11 Å². The van der Waals surface area contributed by atoms with E-state index in [0.29, 0.717) is 12.5 Å². The second-order valence-electron chi connectivity index (χ2n) is 6.19. The van der Waals surface area contributed by atoms with Crippen molar-refractivity contribution >= 4 is 11.3 Å². The molecule has 2 nitrogen and oxygen atoms in total. The smallest absolute Gasteiger partial charge is 0.103 e. The normalized spacial score (nSPS) is 32.2. The third-order valence-electron chi connectivity index (χ3n) is 4.82. The summed E-state index contributed by atoms with van der Waals surface area (Å²) < 4.78 is 0. The van der Waals surface area contributed by atoms with E-state index in [4.69, 9.17) is 5.73 Å². The van der Waals surface area contributed by atoms with Gasteiger partial charge in [-0.3, -0.25) is 0 Å². The van der Waals surface area contributed by atoms with Gasteiger partial charge in [0, 0.05) is 16.8 Å². The number of aliphatic hydroxyl groups is 1. The van der Waals surface area contributed by atoms with E-state index in [1.165, 1.54) is 18.4 Å². The molecule has 0 saturated heterocycles.